The van der Waals surface area contributed by atoms with E-state index >= 15 is 0 Å². The summed E-state index contributed by atoms with van der Waals surface area (Å²) in [6, 6.07) is 0. The molecule has 0 unspecified atom stereocenters. The first-order chi connectivity index (χ1) is 12.4. The molecule has 0 fully saturated rings. The topological polar surface area (TPSA) is 63.6 Å². The quantitative estimate of drug-likeness (QED) is 0.503. The molecule has 0 radical (unpaired) electrons. The highest BCUT2D eigenvalue weighted by Crippen LogP contribution is 2.46. The van der Waals surface area contributed by atoms with E-state index in [1.54, 1.807) is 26.8 Å². The summed E-state index contributed by atoms with van der Waals surface area (Å²) < 4.78 is 6.27. The molecule has 27 heavy (non-hydrogen) atoms. The maximum atomic E-state index is 13.1. The van der Waals surface area contributed by atoms with Gasteiger partial charge in [-0.2, -0.15) is 0 Å². The lowest BCUT2D eigenvalue weighted by atomic mass is 9.71. The average molecular weight is 373 g/mol. The number of rotatable bonds is 6. The number of aliphatic hydroxyl groups excluding tert-OH is 1. The lowest BCUT2D eigenvalue weighted by molar-refractivity contribution is -0.129. The average Bonchev–Trinajstić information content (AvgIpc) is 2.59. The number of ketones is 2. The second-order valence-electron chi connectivity index (χ2n) is 8.66. The highest BCUT2D eigenvalue weighted by atomic mass is 16.5. The Morgan fingerprint density at radius 2 is 1.93 bits per heavy atom. The highest BCUT2D eigenvalue weighted by molar-refractivity contribution is 6.24. The van der Waals surface area contributed by atoms with E-state index in [0.29, 0.717) is 17.8 Å². The molecule has 0 saturated carbocycles. The molecular weight excluding hydrogens is 340 g/mol. The molecule has 1 aliphatic carbocycles. The van der Waals surface area contributed by atoms with Crippen LogP contribution in [0.4, 0.5) is 0 Å². The van der Waals surface area contributed by atoms with E-state index in [-0.39, 0.29) is 28.8 Å². The van der Waals surface area contributed by atoms with Crippen molar-refractivity contribution >= 4 is 11.6 Å². The minimum atomic E-state index is -0.997. The van der Waals surface area contributed by atoms with Crippen LogP contribution in [-0.2, 0) is 14.3 Å². The lowest BCUT2D eigenvalue weighted by Gasteiger charge is -2.41. The van der Waals surface area contributed by atoms with Crippen molar-refractivity contribution in [2.45, 2.75) is 73.3 Å². The first-order valence-electron chi connectivity index (χ1n) is 9.73. The van der Waals surface area contributed by atoms with Crippen molar-refractivity contribution in [1.82, 2.24) is 0 Å². The van der Waals surface area contributed by atoms with Crippen molar-refractivity contribution in [2.24, 2.45) is 11.3 Å². The summed E-state index contributed by atoms with van der Waals surface area (Å²) in [4.78, 5) is 25.8. The maximum absolute atomic E-state index is 13.1. The molecule has 0 saturated heterocycles. The second kappa shape index (κ2) is 7.49. The third-order valence-electron chi connectivity index (χ3n) is 5.54. The van der Waals surface area contributed by atoms with Crippen molar-refractivity contribution in [3.05, 3.63) is 46.5 Å². The third kappa shape index (κ3) is 3.95. The summed E-state index contributed by atoms with van der Waals surface area (Å²) in [7, 11) is 0. The normalized spacial score (nSPS) is 25.1. The molecule has 2 aliphatic rings. The fraction of sp³-hybridized carbons (Fsp3) is 0.565. The molecule has 4 nitrogen and oxygen atoms in total. The zero-order chi connectivity index (χ0) is 20.6. The Bertz CT molecular complexity index is 772. The predicted molar refractivity (Wildman–Crippen MR) is 107 cm³/mol. The van der Waals surface area contributed by atoms with Gasteiger partial charge in [0.05, 0.1) is 11.0 Å². The molecule has 1 heterocycles. The summed E-state index contributed by atoms with van der Waals surface area (Å²) in [5, 5.41) is 10.7. The number of ether oxygens (including phenoxy) is 1. The van der Waals surface area contributed by atoms with Crippen molar-refractivity contribution in [3.63, 3.8) is 0 Å². The number of hydrogen-bond acceptors (Lipinski definition) is 4. The Morgan fingerprint density at radius 3 is 2.48 bits per heavy atom. The van der Waals surface area contributed by atoms with Crippen LogP contribution in [0.25, 0.3) is 0 Å². The molecule has 0 amide bonds. The van der Waals surface area contributed by atoms with E-state index in [1.165, 1.54) is 5.57 Å². The number of carbonyl (C=O) groups excluding carboxylic acids is 2. The van der Waals surface area contributed by atoms with Gasteiger partial charge in [0.25, 0.3) is 0 Å². The molecule has 1 aliphatic heterocycles. The SMILES string of the molecule is CC[C@@H](C)C(=O)C1=C(O)C2=C(O[C@](C)(CCC=C(C)C)C=C2)C(C)(C)C1=O. The van der Waals surface area contributed by atoms with Crippen molar-refractivity contribution in [2.75, 3.05) is 0 Å². The van der Waals surface area contributed by atoms with Gasteiger partial charge in [-0.05, 0) is 66.0 Å². The van der Waals surface area contributed by atoms with Crippen molar-refractivity contribution in [3.8, 4) is 0 Å². The number of Topliss-reactive ketones (excluding diaryl/α,β-unsaturated/α-hetero) is 2. The summed E-state index contributed by atoms with van der Waals surface area (Å²) in [5.41, 5.74) is 0.0595. The van der Waals surface area contributed by atoms with E-state index in [2.05, 4.69) is 19.9 Å². The molecule has 0 spiro atoms. The Morgan fingerprint density at radius 1 is 1.30 bits per heavy atom. The van der Waals surface area contributed by atoms with Gasteiger partial charge in [0, 0.05) is 5.92 Å². The van der Waals surface area contributed by atoms with Crippen LogP contribution < -0.4 is 0 Å². The van der Waals surface area contributed by atoms with Crippen LogP contribution in [0.15, 0.2) is 46.5 Å². The number of hydrogen-bond donors (Lipinski definition) is 1. The van der Waals surface area contributed by atoms with Crippen molar-refractivity contribution in [1.29, 1.82) is 0 Å². The Hall–Kier alpha value is -2.10. The Balaban J connectivity index is 2.45. The summed E-state index contributed by atoms with van der Waals surface area (Å²) in [6.07, 6.45) is 8.11. The van der Waals surface area contributed by atoms with E-state index in [0.717, 1.165) is 12.8 Å². The summed E-state index contributed by atoms with van der Waals surface area (Å²) in [5.74, 6) is -0.780. The highest BCUT2D eigenvalue weighted by Gasteiger charge is 2.49. The summed E-state index contributed by atoms with van der Waals surface area (Å²) in [6.45, 7) is 13.3. The molecular formula is C23H32O4. The van der Waals surface area contributed by atoms with Crippen LogP contribution >= 0.6 is 0 Å². The van der Waals surface area contributed by atoms with Gasteiger partial charge >= 0.3 is 0 Å². The number of allylic oxidation sites excluding steroid dienone is 5. The molecule has 4 heteroatoms. The fourth-order valence-electron chi connectivity index (χ4n) is 3.41. The number of carbonyl (C=O) groups is 2. The van der Waals surface area contributed by atoms with Gasteiger partial charge in [-0.15, -0.1) is 0 Å². The van der Waals surface area contributed by atoms with Crippen molar-refractivity contribution < 1.29 is 19.4 Å². The van der Waals surface area contributed by atoms with E-state index in [9.17, 15) is 14.7 Å². The molecule has 148 valence electrons. The van der Waals surface area contributed by atoms with Gasteiger partial charge < -0.3 is 9.84 Å². The monoisotopic (exact) mass is 372 g/mol. The van der Waals surface area contributed by atoms with Gasteiger partial charge in [-0.3, -0.25) is 9.59 Å². The fourth-order valence-corrected chi connectivity index (χ4v) is 3.41. The second-order valence-corrected chi connectivity index (χ2v) is 8.66. The van der Waals surface area contributed by atoms with E-state index in [1.807, 2.05) is 19.9 Å². The minimum Gasteiger partial charge on any atom is -0.506 e. The molecule has 0 aromatic heterocycles. The van der Waals surface area contributed by atoms with Crippen LogP contribution in [0, 0.1) is 11.3 Å². The lowest BCUT2D eigenvalue weighted by Crippen LogP contribution is -2.42. The maximum Gasteiger partial charge on any atom is 0.183 e. The standard InChI is InChI=1S/C23H32O4/c1-8-15(4)18(24)17-19(25)16-11-13-23(7,12-9-10-14(2)3)27-21(16)22(5,6)20(17)26/h10-11,13,15,25H,8-9,12H2,1-7H3/t15-,23-/m1/s1. The van der Waals surface area contributed by atoms with Gasteiger partial charge in [0.1, 0.15) is 22.7 Å². The zero-order valence-electron chi connectivity index (χ0n) is 17.6. The Kier molecular flexibility index (Phi) is 5.88. The van der Waals surface area contributed by atoms with E-state index in [4.69, 9.17) is 4.74 Å². The molecule has 2 rings (SSSR count). The zero-order valence-corrected chi connectivity index (χ0v) is 17.6. The van der Waals surface area contributed by atoms with Crippen LogP contribution in [0.1, 0.15) is 67.7 Å². The third-order valence-corrected chi connectivity index (χ3v) is 5.54. The van der Waals surface area contributed by atoms with Crippen LogP contribution in [-0.4, -0.2) is 22.3 Å². The van der Waals surface area contributed by atoms with Gasteiger partial charge in [-0.25, -0.2) is 0 Å². The summed E-state index contributed by atoms with van der Waals surface area (Å²) >= 11 is 0. The first kappa shape index (κ1) is 21.2. The number of aliphatic hydroxyl groups is 1. The predicted octanol–water partition coefficient (Wildman–Crippen LogP) is 5.37. The molecule has 0 aromatic carbocycles. The minimum absolute atomic E-state index is 0.0884. The molecule has 1 N–H and O–H groups in total. The largest absolute Gasteiger partial charge is 0.506 e. The Labute approximate surface area is 162 Å². The van der Waals surface area contributed by atoms with Gasteiger partial charge in [0.2, 0.25) is 0 Å². The van der Waals surface area contributed by atoms with Gasteiger partial charge in [0.15, 0.2) is 11.6 Å². The van der Waals surface area contributed by atoms with E-state index < -0.39 is 11.0 Å². The van der Waals surface area contributed by atoms with Crippen LogP contribution in [0.2, 0.25) is 0 Å². The smallest absolute Gasteiger partial charge is 0.183 e. The van der Waals surface area contributed by atoms with Crippen LogP contribution in [0.3, 0.4) is 0 Å². The molecule has 0 bridgehead atoms. The molecule has 2 atom stereocenters. The van der Waals surface area contributed by atoms with Crippen LogP contribution in [0.5, 0.6) is 0 Å². The molecule has 0 aromatic rings. The van der Waals surface area contributed by atoms with Gasteiger partial charge in [-0.1, -0.05) is 25.5 Å². The first-order valence-corrected chi connectivity index (χ1v) is 9.73.